The third kappa shape index (κ3) is 5.83. The summed E-state index contributed by atoms with van der Waals surface area (Å²) >= 11 is 0. The van der Waals surface area contributed by atoms with E-state index in [1.165, 1.54) is 18.4 Å². The fourth-order valence-corrected chi connectivity index (χ4v) is 5.45. The van der Waals surface area contributed by atoms with E-state index in [0.29, 0.717) is 29.3 Å². The van der Waals surface area contributed by atoms with Crippen LogP contribution in [0.3, 0.4) is 0 Å². The lowest BCUT2D eigenvalue weighted by molar-refractivity contribution is 0.302. The van der Waals surface area contributed by atoms with Crippen LogP contribution in [0.1, 0.15) is 70.2 Å². The van der Waals surface area contributed by atoms with Gasteiger partial charge in [0.25, 0.3) is 0 Å². The van der Waals surface area contributed by atoms with Gasteiger partial charge in [-0.3, -0.25) is 4.98 Å². The zero-order chi connectivity index (χ0) is 28.4. The van der Waals surface area contributed by atoms with Gasteiger partial charge in [0.2, 0.25) is 5.95 Å². The Morgan fingerprint density at radius 1 is 1.17 bits per heavy atom. The van der Waals surface area contributed by atoms with E-state index in [-0.39, 0.29) is 11.5 Å². The monoisotopic (exact) mass is 550 g/mol. The first-order valence-corrected chi connectivity index (χ1v) is 14.6. The molecule has 5 heterocycles. The van der Waals surface area contributed by atoms with Crippen LogP contribution in [-0.4, -0.2) is 53.8 Å². The predicted octanol–water partition coefficient (Wildman–Crippen LogP) is 6.01. The van der Waals surface area contributed by atoms with Gasteiger partial charge in [-0.25, -0.2) is 19.6 Å². The molecule has 1 unspecified atom stereocenters. The maximum Gasteiger partial charge on any atom is 0.248 e. The first-order chi connectivity index (χ1) is 19.9. The molecule has 2 aliphatic rings. The zero-order valence-corrected chi connectivity index (χ0v) is 24.1. The molecule has 4 aromatic rings. The quantitative estimate of drug-likeness (QED) is 0.230. The van der Waals surface area contributed by atoms with Gasteiger partial charge in [-0.05, 0) is 73.8 Å². The summed E-state index contributed by atoms with van der Waals surface area (Å²) in [5, 5.41) is 16.3. The Bertz CT molecular complexity index is 1580. The van der Waals surface area contributed by atoms with Crippen LogP contribution in [0, 0.1) is 5.41 Å². The molecule has 1 aliphatic heterocycles. The average molecular weight is 551 g/mol. The van der Waals surface area contributed by atoms with Gasteiger partial charge >= 0.3 is 0 Å². The van der Waals surface area contributed by atoms with Crippen molar-refractivity contribution in [2.24, 2.45) is 5.41 Å². The lowest BCUT2D eigenvalue weighted by atomic mass is 9.82. The van der Waals surface area contributed by atoms with Gasteiger partial charge in [-0.15, -0.1) is 5.10 Å². The molecule has 3 N–H and O–H groups in total. The Kier molecular flexibility index (Phi) is 7.49. The van der Waals surface area contributed by atoms with Crippen molar-refractivity contribution < 1.29 is 0 Å². The van der Waals surface area contributed by atoms with Crippen LogP contribution in [-0.2, 0) is 0 Å². The normalized spacial score (nSPS) is 18.9. The summed E-state index contributed by atoms with van der Waals surface area (Å²) in [5.41, 5.74) is 3.02. The number of aromatic nitrogens is 7. The number of allylic oxidation sites excluding steroid dienone is 1. The fourth-order valence-electron chi connectivity index (χ4n) is 5.45. The molecule has 10 nitrogen and oxygen atoms in total. The van der Waals surface area contributed by atoms with Gasteiger partial charge in [0.05, 0.1) is 11.7 Å². The van der Waals surface area contributed by atoms with Crippen LogP contribution in [0.4, 0.5) is 17.6 Å². The highest BCUT2D eigenvalue weighted by molar-refractivity contribution is 5.93. The highest BCUT2D eigenvalue weighted by Crippen LogP contribution is 2.44. The minimum Gasteiger partial charge on any atom is -0.366 e. The highest BCUT2D eigenvalue weighted by atomic mass is 15.4. The molecular formula is C31H38N10. The van der Waals surface area contributed by atoms with Gasteiger partial charge in [0, 0.05) is 42.1 Å². The Hall–Kier alpha value is -4.18. The van der Waals surface area contributed by atoms with Crippen LogP contribution < -0.4 is 16.0 Å². The second-order valence-electron chi connectivity index (χ2n) is 11.6. The van der Waals surface area contributed by atoms with E-state index in [0.717, 1.165) is 54.6 Å². The molecule has 0 amide bonds. The first kappa shape index (κ1) is 27.0. The van der Waals surface area contributed by atoms with E-state index in [9.17, 15) is 0 Å². The van der Waals surface area contributed by atoms with Crippen molar-refractivity contribution in [3.05, 3.63) is 54.8 Å². The lowest BCUT2D eigenvalue weighted by Gasteiger charge is -2.34. The zero-order valence-electron chi connectivity index (χ0n) is 24.1. The summed E-state index contributed by atoms with van der Waals surface area (Å²) in [6, 6.07) is 4.14. The Labute approximate surface area is 240 Å². The minimum atomic E-state index is 0.0709. The van der Waals surface area contributed by atoms with Crippen molar-refractivity contribution >= 4 is 40.8 Å². The van der Waals surface area contributed by atoms with Crippen molar-refractivity contribution in [2.45, 2.75) is 64.8 Å². The SMILES string of the molecule is C=Cn1nc(Nc2cc(-c3nc(NC4CCCNCC4(C)C)c4c(C5CC5)cncc4n3)ccn2)nc1/C=C\CC. The molecule has 0 spiro atoms. The molecule has 2 fully saturated rings. The van der Waals surface area contributed by atoms with E-state index in [1.54, 1.807) is 17.1 Å². The molecule has 212 valence electrons. The molecule has 0 aromatic carbocycles. The third-order valence-corrected chi connectivity index (χ3v) is 7.93. The highest BCUT2D eigenvalue weighted by Gasteiger charge is 2.33. The predicted molar refractivity (Wildman–Crippen MR) is 165 cm³/mol. The second kappa shape index (κ2) is 11.4. The van der Waals surface area contributed by atoms with Crippen LogP contribution in [0.5, 0.6) is 0 Å². The average Bonchev–Trinajstić information content (AvgIpc) is 3.77. The molecule has 4 aromatic heterocycles. The minimum absolute atomic E-state index is 0.0709. The fraction of sp³-hybridized carbons (Fsp3) is 0.419. The molecule has 41 heavy (non-hydrogen) atoms. The lowest BCUT2D eigenvalue weighted by Crippen LogP contribution is -2.41. The second-order valence-corrected chi connectivity index (χ2v) is 11.6. The Morgan fingerprint density at radius 3 is 2.85 bits per heavy atom. The molecule has 1 saturated heterocycles. The summed E-state index contributed by atoms with van der Waals surface area (Å²) in [7, 11) is 0. The first-order valence-electron chi connectivity index (χ1n) is 14.6. The molecule has 1 aliphatic carbocycles. The van der Waals surface area contributed by atoms with Crippen LogP contribution >= 0.6 is 0 Å². The number of hydrogen-bond acceptors (Lipinski definition) is 9. The van der Waals surface area contributed by atoms with Crippen molar-refractivity contribution in [1.82, 2.24) is 40.0 Å². The molecule has 0 bridgehead atoms. The molecular weight excluding hydrogens is 512 g/mol. The van der Waals surface area contributed by atoms with Gasteiger partial charge in [0.15, 0.2) is 11.6 Å². The smallest absolute Gasteiger partial charge is 0.248 e. The van der Waals surface area contributed by atoms with E-state index in [2.05, 4.69) is 63.4 Å². The van der Waals surface area contributed by atoms with Gasteiger partial charge < -0.3 is 16.0 Å². The van der Waals surface area contributed by atoms with Crippen molar-refractivity contribution in [2.75, 3.05) is 23.7 Å². The summed E-state index contributed by atoms with van der Waals surface area (Å²) in [5.74, 6) is 3.79. The summed E-state index contributed by atoms with van der Waals surface area (Å²) in [6.07, 6.45) is 16.7. The summed E-state index contributed by atoms with van der Waals surface area (Å²) < 4.78 is 1.64. The van der Waals surface area contributed by atoms with E-state index < -0.39 is 0 Å². The van der Waals surface area contributed by atoms with Crippen molar-refractivity contribution in [3.8, 4) is 11.4 Å². The third-order valence-electron chi connectivity index (χ3n) is 7.93. The number of hydrogen-bond donors (Lipinski definition) is 3. The number of nitrogens with zero attached hydrogens (tertiary/aromatic N) is 7. The standard InChI is InChI=1S/C31H38N10/c1-5-7-10-26-38-30(40-41(26)6-2)37-25-16-21(13-15-34-25)28-35-23-18-33-17-22(20-11-12-20)27(23)29(39-28)36-24-9-8-14-32-19-31(24,3)4/h6-7,10,13,15-18,20,24,32H,2,5,8-9,11-12,14,19H2,1,3-4H3,(H,34,37,40)(H,35,36,39)/b10-7-. The molecule has 0 radical (unpaired) electrons. The number of fused-ring (bicyclic) bond motifs is 1. The molecule has 1 atom stereocenters. The van der Waals surface area contributed by atoms with Crippen LogP contribution in [0.25, 0.3) is 34.6 Å². The maximum atomic E-state index is 5.16. The van der Waals surface area contributed by atoms with E-state index in [1.807, 2.05) is 36.7 Å². The van der Waals surface area contributed by atoms with Gasteiger partial charge in [-0.2, -0.15) is 4.98 Å². The van der Waals surface area contributed by atoms with Gasteiger partial charge in [0.1, 0.15) is 11.6 Å². The number of pyridine rings is 2. The maximum absolute atomic E-state index is 5.16. The van der Waals surface area contributed by atoms with Crippen LogP contribution in [0.2, 0.25) is 0 Å². The van der Waals surface area contributed by atoms with Crippen LogP contribution in [0.15, 0.2) is 43.4 Å². The number of rotatable bonds is 9. The number of anilines is 3. The van der Waals surface area contributed by atoms with Crippen molar-refractivity contribution in [3.63, 3.8) is 0 Å². The Morgan fingerprint density at radius 2 is 2.05 bits per heavy atom. The summed E-state index contributed by atoms with van der Waals surface area (Å²) in [6.45, 7) is 12.6. The van der Waals surface area contributed by atoms with Gasteiger partial charge in [-0.1, -0.05) is 33.4 Å². The Balaban J connectivity index is 1.37. The molecule has 1 saturated carbocycles. The van der Waals surface area contributed by atoms with E-state index >= 15 is 0 Å². The number of nitrogens with one attached hydrogen (secondary N) is 3. The van der Waals surface area contributed by atoms with E-state index in [4.69, 9.17) is 9.97 Å². The largest absolute Gasteiger partial charge is 0.366 e. The van der Waals surface area contributed by atoms with Crippen molar-refractivity contribution in [1.29, 1.82) is 0 Å². The molecule has 10 heteroatoms. The molecule has 6 rings (SSSR count). The summed E-state index contributed by atoms with van der Waals surface area (Å²) in [4.78, 5) is 23.8. The topological polar surface area (TPSA) is 118 Å².